The number of aryl methyl sites for hydroxylation is 2. The Balaban J connectivity index is 0.00000484. The molecule has 0 amide bonds. The third-order valence-corrected chi connectivity index (χ3v) is 4.02. The molecule has 0 bridgehead atoms. The number of aliphatic imine (C=N–C) groups is 1. The van der Waals surface area contributed by atoms with Crippen molar-refractivity contribution in [3.05, 3.63) is 17.0 Å². The maximum Gasteiger partial charge on any atom is 0.191 e. The Hall–Kier alpha value is -0.830. The molecule has 0 saturated carbocycles. The molecule has 0 fully saturated rings. The first kappa shape index (κ1) is 22.2. The van der Waals surface area contributed by atoms with Gasteiger partial charge in [0.2, 0.25) is 0 Å². The summed E-state index contributed by atoms with van der Waals surface area (Å²) in [6, 6.07) is 0. The smallest absolute Gasteiger partial charge is 0.191 e. The summed E-state index contributed by atoms with van der Waals surface area (Å²) in [5, 5.41) is 11.1. The van der Waals surface area contributed by atoms with Gasteiger partial charge in [0.1, 0.15) is 0 Å². The predicted octanol–water partition coefficient (Wildman–Crippen LogP) is 2.38. The van der Waals surface area contributed by atoms with Crippen LogP contribution in [0, 0.1) is 19.3 Å². The maximum atomic E-state index is 5.56. The average Bonchev–Trinajstić information content (AvgIpc) is 2.66. The lowest BCUT2D eigenvalue weighted by Crippen LogP contribution is -2.45. The molecular weight excluding hydrogens is 405 g/mol. The highest BCUT2D eigenvalue weighted by atomic mass is 127. The van der Waals surface area contributed by atoms with Gasteiger partial charge in [0, 0.05) is 45.6 Å². The van der Waals surface area contributed by atoms with Crippen LogP contribution in [-0.2, 0) is 18.3 Å². The van der Waals surface area contributed by atoms with E-state index < -0.39 is 0 Å². The van der Waals surface area contributed by atoms with Crippen LogP contribution in [0.15, 0.2) is 4.99 Å². The Labute approximate surface area is 157 Å². The Kier molecular flexibility index (Phi) is 9.12. The zero-order valence-corrected chi connectivity index (χ0v) is 18.0. The van der Waals surface area contributed by atoms with Crippen molar-refractivity contribution < 1.29 is 4.74 Å². The number of hydrogen-bond acceptors (Lipinski definition) is 3. The van der Waals surface area contributed by atoms with E-state index in [9.17, 15) is 0 Å². The lowest BCUT2D eigenvalue weighted by molar-refractivity contribution is 0.0205. The van der Waals surface area contributed by atoms with Gasteiger partial charge in [-0.05, 0) is 19.3 Å². The number of hydrogen-bond donors (Lipinski definition) is 2. The van der Waals surface area contributed by atoms with Crippen molar-refractivity contribution in [1.82, 2.24) is 20.4 Å². The van der Waals surface area contributed by atoms with Gasteiger partial charge in [-0.1, -0.05) is 20.8 Å². The van der Waals surface area contributed by atoms with Gasteiger partial charge >= 0.3 is 0 Å². The maximum absolute atomic E-state index is 5.56. The fraction of sp³-hybridized carbons (Fsp3) is 0.750. The van der Waals surface area contributed by atoms with E-state index in [0.717, 1.165) is 11.7 Å². The molecule has 6 nitrogen and oxygen atoms in total. The van der Waals surface area contributed by atoms with E-state index in [1.165, 1.54) is 11.3 Å². The molecule has 1 rings (SSSR count). The summed E-state index contributed by atoms with van der Waals surface area (Å²) in [5.74, 6) is 0.772. The summed E-state index contributed by atoms with van der Waals surface area (Å²) in [6.45, 7) is 12.0. The molecule has 1 atom stereocenters. The first-order chi connectivity index (χ1) is 10.2. The molecule has 0 aliphatic heterocycles. The molecule has 1 aromatic heterocycles. The van der Waals surface area contributed by atoms with Crippen molar-refractivity contribution >= 4 is 29.9 Å². The Morgan fingerprint density at radius 3 is 2.30 bits per heavy atom. The van der Waals surface area contributed by atoms with Crippen LogP contribution in [0.2, 0.25) is 0 Å². The number of ether oxygens (including phenoxy) is 1. The molecule has 1 aromatic rings. The molecule has 2 N–H and O–H groups in total. The molecule has 0 aliphatic rings. The van der Waals surface area contributed by atoms with Gasteiger partial charge in [-0.25, -0.2) is 0 Å². The Morgan fingerprint density at radius 1 is 1.30 bits per heavy atom. The largest absolute Gasteiger partial charge is 0.379 e. The van der Waals surface area contributed by atoms with Gasteiger partial charge in [0.25, 0.3) is 0 Å². The second-order valence-corrected chi connectivity index (χ2v) is 6.67. The van der Waals surface area contributed by atoms with Crippen LogP contribution in [0.1, 0.15) is 37.7 Å². The van der Waals surface area contributed by atoms with Crippen LogP contribution in [0.3, 0.4) is 0 Å². The number of guanidine groups is 1. The van der Waals surface area contributed by atoms with Crippen LogP contribution in [0.4, 0.5) is 0 Å². The number of halogens is 1. The molecule has 0 aromatic carbocycles. The van der Waals surface area contributed by atoms with Crippen LogP contribution >= 0.6 is 24.0 Å². The van der Waals surface area contributed by atoms with E-state index in [2.05, 4.69) is 48.4 Å². The second kappa shape index (κ2) is 9.46. The summed E-state index contributed by atoms with van der Waals surface area (Å²) in [5.41, 5.74) is 3.51. The molecular formula is C16H32IN5O. The summed E-state index contributed by atoms with van der Waals surface area (Å²) in [6.07, 6.45) is 0.118. The topological polar surface area (TPSA) is 63.5 Å². The lowest BCUT2D eigenvalue weighted by atomic mass is 9.89. The molecule has 0 radical (unpaired) electrons. The third kappa shape index (κ3) is 6.29. The van der Waals surface area contributed by atoms with E-state index in [0.29, 0.717) is 13.1 Å². The highest BCUT2D eigenvalue weighted by Crippen LogP contribution is 2.20. The minimum Gasteiger partial charge on any atom is -0.379 e. The first-order valence-electron chi connectivity index (χ1n) is 7.67. The minimum absolute atomic E-state index is 0. The quantitative estimate of drug-likeness (QED) is 0.422. The fourth-order valence-corrected chi connectivity index (χ4v) is 2.40. The normalized spacial score (nSPS) is 13.5. The summed E-state index contributed by atoms with van der Waals surface area (Å²) < 4.78 is 7.46. The van der Waals surface area contributed by atoms with Gasteiger partial charge < -0.3 is 15.4 Å². The Bertz CT molecular complexity index is 519. The van der Waals surface area contributed by atoms with E-state index in [-0.39, 0.29) is 35.5 Å². The van der Waals surface area contributed by atoms with Gasteiger partial charge in [-0.15, -0.1) is 24.0 Å². The average molecular weight is 437 g/mol. The van der Waals surface area contributed by atoms with E-state index in [4.69, 9.17) is 4.74 Å². The summed E-state index contributed by atoms with van der Waals surface area (Å²) >= 11 is 0. The van der Waals surface area contributed by atoms with Crippen molar-refractivity contribution in [1.29, 1.82) is 0 Å². The van der Waals surface area contributed by atoms with E-state index in [1.54, 1.807) is 14.2 Å². The van der Waals surface area contributed by atoms with Crippen molar-refractivity contribution in [2.75, 3.05) is 20.7 Å². The van der Waals surface area contributed by atoms with Crippen LogP contribution in [0.25, 0.3) is 0 Å². The third-order valence-electron chi connectivity index (χ3n) is 4.02. The zero-order chi connectivity index (χ0) is 16.9. The number of nitrogens with one attached hydrogen (secondary N) is 2. The van der Waals surface area contributed by atoms with Crippen molar-refractivity contribution in [3.8, 4) is 0 Å². The number of nitrogens with zero attached hydrogens (tertiary/aromatic N) is 3. The molecule has 1 unspecified atom stereocenters. The molecule has 23 heavy (non-hydrogen) atoms. The van der Waals surface area contributed by atoms with Crippen LogP contribution < -0.4 is 10.6 Å². The van der Waals surface area contributed by atoms with Gasteiger partial charge in [0.05, 0.1) is 11.8 Å². The first-order valence-corrected chi connectivity index (χ1v) is 7.67. The van der Waals surface area contributed by atoms with E-state index >= 15 is 0 Å². The predicted molar refractivity (Wildman–Crippen MR) is 107 cm³/mol. The van der Waals surface area contributed by atoms with Crippen molar-refractivity contribution in [2.45, 2.75) is 47.3 Å². The molecule has 7 heteroatoms. The molecule has 0 spiro atoms. The van der Waals surface area contributed by atoms with Gasteiger partial charge in [-0.2, -0.15) is 5.10 Å². The number of aromatic nitrogens is 2. The molecule has 0 aliphatic carbocycles. The number of rotatable bonds is 5. The summed E-state index contributed by atoms with van der Waals surface area (Å²) in [7, 11) is 5.48. The van der Waals surface area contributed by atoms with Crippen molar-refractivity contribution in [2.24, 2.45) is 17.5 Å². The molecule has 0 saturated heterocycles. The SMILES string of the molecule is CN=C(NCc1c(C)nn(C)c1C)NCC(OC)C(C)(C)C.I. The van der Waals surface area contributed by atoms with Crippen LogP contribution in [-0.4, -0.2) is 42.5 Å². The number of methoxy groups -OCH3 is 1. The standard InChI is InChI=1S/C16H31N5O.HI/c1-11-13(12(2)21(7)20-11)9-18-15(17-6)19-10-14(22-8)16(3,4)5;/h14H,9-10H2,1-8H3,(H2,17,18,19);1H. The van der Waals surface area contributed by atoms with Crippen LogP contribution in [0.5, 0.6) is 0 Å². The van der Waals surface area contributed by atoms with E-state index in [1.807, 2.05) is 18.7 Å². The monoisotopic (exact) mass is 437 g/mol. The van der Waals surface area contributed by atoms with Gasteiger partial charge in [0.15, 0.2) is 5.96 Å². The molecule has 134 valence electrons. The lowest BCUT2D eigenvalue weighted by Gasteiger charge is -2.30. The summed E-state index contributed by atoms with van der Waals surface area (Å²) in [4.78, 5) is 4.27. The zero-order valence-electron chi connectivity index (χ0n) is 15.6. The second-order valence-electron chi connectivity index (χ2n) is 6.67. The minimum atomic E-state index is 0. The highest BCUT2D eigenvalue weighted by molar-refractivity contribution is 14.0. The highest BCUT2D eigenvalue weighted by Gasteiger charge is 2.24. The fourth-order valence-electron chi connectivity index (χ4n) is 2.40. The Morgan fingerprint density at radius 2 is 1.91 bits per heavy atom. The molecule has 1 heterocycles. The van der Waals surface area contributed by atoms with Crippen molar-refractivity contribution in [3.63, 3.8) is 0 Å². The van der Waals surface area contributed by atoms with Gasteiger partial charge in [-0.3, -0.25) is 9.67 Å².